The molecule has 1 aliphatic rings. The summed E-state index contributed by atoms with van der Waals surface area (Å²) in [6, 6.07) is 0. The zero-order valence-electron chi connectivity index (χ0n) is 18.3. The van der Waals surface area contributed by atoms with E-state index in [-0.39, 0.29) is 23.4 Å². The van der Waals surface area contributed by atoms with Crippen LogP contribution in [0.15, 0.2) is 0 Å². The third-order valence-electron chi connectivity index (χ3n) is 5.40. The summed E-state index contributed by atoms with van der Waals surface area (Å²) in [4.78, 5) is 0. The van der Waals surface area contributed by atoms with Crippen molar-refractivity contribution in [2.75, 3.05) is 19.8 Å². The molecule has 0 bridgehead atoms. The highest BCUT2D eigenvalue weighted by atomic mass is 16.5. The van der Waals surface area contributed by atoms with Gasteiger partial charge in [0.2, 0.25) is 0 Å². The summed E-state index contributed by atoms with van der Waals surface area (Å²) in [5.74, 6) is 1.31. The smallest absolute Gasteiger partial charge is 0.0651 e. The molecule has 2 unspecified atom stereocenters. The van der Waals surface area contributed by atoms with Crippen LogP contribution in [-0.2, 0) is 14.2 Å². The Balaban J connectivity index is 2.25. The van der Waals surface area contributed by atoms with Crippen molar-refractivity contribution in [2.24, 2.45) is 11.8 Å². The fourth-order valence-corrected chi connectivity index (χ4v) is 4.12. The van der Waals surface area contributed by atoms with E-state index < -0.39 is 0 Å². The second-order valence-electron chi connectivity index (χ2n) is 9.55. The molecule has 0 aromatic heterocycles. The van der Waals surface area contributed by atoms with Crippen molar-refractivity contribution in [3.8, 4) is 0 Å². The van der Waals surface area contributed by atoms with Crippen LogP contribution in [0.5, 0.6) is 0 Å². The molecule has 156 valence electrons. The van der Waals surface area contributed by atoms with Gasteiger partial charge in [0.15, 0.2) is 0 Å². The molecule has 1 N–H and O–H groups in total. The lowest BCUT2D eigenvalue weighted by Crippen LogP contribution is -2.34. The lowest BCUT2D eigenvalue weighted by atomic mass is 9.82. The second-order valence-corrected chi connectivity index (χ2v) is 9.55. The molecule has 0 spiro atoms. The van der Waals surface area contributed by atoms with E-state index in [0.717, 1.165) is 26.2 Å². The van der Waals surface area contributed by atoms with Gasteiger partial charge in [-0.2, -0.15) is 0 Å². The van der Waals surface area contributed by atoms with Crippen LogP contribution in [0.3, 0.4) is 0 Å². The maximum Gasteiger partial charge on any atom is 0.0651 e. The Labute approximate surface area is 162 Å². The summed E-state index contributed by atoms with van der Waals surface area (Å²) in [5.41, 5.74) is -0.366. The SMILES string of the molecule is CCOC(C)CC(C)(C)OCC1CCC(COC(C)(C)CC(C)O)CC1. The molecular weight excluding hydrogens is 328 g/mol. The maximum atomic E-state index is 9.57. The summed E-state index contributed by atoms with van der Waals surface area (Å²) >= 11 is 0. The predicted octanol–water partition coefficient (Wildman–Crippen LogP) is 4.97. The Kier molecular flexibility index (Phi) is 10.1. The van der Waals surface area contributed by atoms with Gasteiger partial charge in [-0.05, 0) is 86.0 Å². The van der Waals surface area contributed by atoms with E-state index in [2.05, 4.69) is 34.6 Å². The summed E-state index contributed by atoms with van der Waals surface area (Å²) in [5, 5.41) is 9.57. The Morgan fingerprint density at radius 3 is 1.65 bits per heavy atom. The minimum Gasteiger partial charge on any atom is -0.393 e. The molecule has 0 aromatic rings. The van der Waals surface area contributed by atoms with Gasteiger partial charge in [-0.1, -0.05) is 0 Å². The summed E-state index contributed by atoms with van der Waals surface area (Å²) in [6.07, 6.45) is 6.43. The molecule has 0 heterocycles. The van der Waals surface area contributed by atoms with E-state index in [4.69, 9.17) is 14.2 Å². The van der Waals surface area contributed by atoms with Crippen molar-refractivity contribution in [2.45, 2.75) is 110 Å². The first-order chi connectivity index (χ1) is 12.0. The number of ether oxygens (including phenoxy) is 3. The van der Waals surface area contributed by atoms with E-state index in [1.807, 2.05) is 13.8 Å². The largest absolute Gasteiger partial charge is 0.393 e. The number of aliphatic hydroxyl groups excluding tert-OH is 1. The van der Waals surface area contributed by atoms with E-state index in [9.17, 15) is 5.11 Å². The van der Waals surface area contributed by atoms with Gasteiger partial charge in [0, 0.05) is 19.4 Å². The normalized spacial score (nSPS) is 24.5. The van der Waals surface area contributed by atoms with Gasteiger partial charge in [-0.15, -0.1) is 0 Å². The van der Waals surface area contributed by atoms with Crippen LogP contribution in [-0.4, -0.2) is 48.3 Å². The first-order valence-electron chi connectivity index (χ1n) is 10.6. The number of hydrogen-bond acceptors (Lipinski definition) is 4. The van der Waals surface area contributed by atoms with Gasteiger partial charge in [0.25, 0.3) is 0 Å². The molecule has 1 fully saturated rings. The lowest BCUT2D eigenvalue weighted by molar-refractivity contribution is -0.0836. The fourth-order valence-electron chi connectivity index (χ4n) is 4.12. The van der Waals surface area contributed by atoms with Crippen LogP contribution < -0.4 is 0 Å². The molecule has 1 aliphatic carbocycles. The van der Waals surface area contributed by atoms with Crippen LogP contribution in [0.25, 0.3) is 0 Å². The summed E-state index contributed by atoms with van der Waals surface area (Å²) in [6.45, 7) is 16.9. The third kappa shape index (κ3) is 10.2. The zero-order valence-corrected chi connectivity index (χ0v) is 18.3. The Bertz CT molecular complexity index is 370. The van der Waals surface area contributed by atoms with Gasteiger partial charge in [-0.25, -0.2) is 0 Å². The van der Waals surface area contributed by atoms with Crippen LogP contribution in [0.1, 0.15) is 87.0 Å². The first kappa shape index (κ1) is 23.9. The standard InChI is InChI=1S/C22H44O4/c1-8-24-18(3)14-22(6,7)26-16-20-11-9-19(10-12-20)15-25-21(4,5)13-17(2)23/h17-20,23H,8-16H2,1-7H3. The highest BCUT2D eigenvalue weighted by molar-refractivity contribution is 4.78. The second kappa shape index (κ2) is 11.0. The van der Waals surface area contributed by atoms with Crippen molar-refractivity contribution in [3.05, 3.63) is 0 Å². The number of rotatable bonds is 12. The Morgan fingerprint density at radius 2 is 1.27 bits per heavy atom. The molecule has 2 atom stereocenters. The van der Waals surface area contributed by atoms with Gasteiger partial charge >= 0.3 is 0 Å². The van der Waals surface area contributed by atoms with Crippen molar-refractivity contribution >= 4 is 0 Å². The Morgan fingerprint density at radius 1 is 0.846 bits per heavy atom. The first-order valence-corrected chi connectivity index (χ1v) is 10.6. The average molecular weight is 373 g/mol. The molecule has 0 aromatic carbocycles. The number of aliphatic hydroxyl groups is 1. The highest BCUT2D eigenvalue weighted by Crippen LogP contribution is 2.32. The predicted molar refractivity (Wildman–Crippen MR) is 108 cm³/mol. The molecule has 0 amide bonds. The van der Waals surface area contributed by atoms with Crippen LogP contribution in [0.4, 0.5) is 0 Å². The molecule has 4 heteroatoms. The monoisotopic (exact) mass is 372 g/mol. The molecule has 1 saturated carbocycles. The third-order valence-corrected chi connectivity index (χ3v) is 5.40. The maximum absolute atomic E-state index is 9.57. The van der Waals surface area contributed by atoms with Crippen LogP contribution in [0.2, 0.25) is 0 Å². The van der Waals surface area contributed by atoms with E-state index in [1.165, 1.54) is 25.7 Å². The quantitative estimate of drug-likeness (QED) is 0.525. The molecule has 1 rings (SSSR count). The van der Waals surface area contributed by atoms with Crippen molar-refractivity contribution in [1.82, 2.24) is 0 Å². The van der Waals surface area contributed by atoms with Gasteiger partial charge in [0.1, 0.15) is 0 Å². The lowest BCUT2D eigenvalue weighted by Gasteiger charge is -2.34. The highest BCUT2D eigenvalue weighted by Gasteiger charge is 2.28. The fraction of sp³-hybridized carbons (Fsp3) is 1.00. The van der Waals surface area contributed by atoms with Crippen LogP contribution in [0, 0.1) is 11.8 Å². The molecule has 0 aliphatic heterocycles. The molecule has 4 nitrogen and oxygen atoms in total. The van der Waals surface area contributed by atoms with E-state index >= 15 is 0 Å². The minimum absolute atomic E-state index is 0.125. The van der Waals surface area contributed by atoms with Crippen molar-refractivity contribution < 1.29 is 19.3 Å². The molecular formula is C22H44O4. The number of hydrogen-bond donors (Lipinski definition) is 1. The van der Waals surface area contributed by atoms with Crippen molar-refractivity contribution in [1.29, 1.82) is 0 Å². The van der Waals surface area contributed by atoms with E-state index in [0.29, 0.717) is 18.3 Å². The zero-order chi connectivity index (χ0) is 19.8. The van der Waals surface area contributed by atoms with Gasteiger partial charge in [-0.3, -0.25) is 0 Å². The Hall–Kier alpha value is -0.160. The van der Waals surface area contributed by atoms with Gasteiger partial charge < -0.3 is 19.3 Å². The van der Waals surface area contributed by atoms with Crippen molar-refractivity contribution in [3.63, 3.8) is 0 Å². The molecule has 0 saturated heterocycles. The minimum atomic E-state index is -0.313. The van der Waals surface area contributed by atoms with Gasteiger partial charge in [0.05, 0.1) is 36.6 Å². The molecule has 0 radical (unpaired) electrons. The summed E-state index contributed by atoms with van der Waals surface area (Å²) < 4.78 is 18.0. The average Bonchev–Trinajstić information content (AvgIpc) is 2.50. The summed E-state index contributed by atoms with van der Waals surface area (Å²) in [7, 11) is 0. The van der Waals surface area contributed by atoms with E-state index in [1.54, 1.807) is 0 Å². The van der Waals surface area contributed by atoms with Crippen LogP contribution >= 0.6 is 0 Å². The molecule has 26 heavy (non-hydrogen) atoms. The topological polar surface area (TPSA) is 47.9 Å².